The van der Waals surface area contributed by atoms with Crippen molar-refractivity contribution in [2.75, 3.05) is 53.2 Å². The Morgan fingerprint density at radius 2 is 1.97 bits per heavy atom. The minimum Gasteiger partial charge on any atom is -0.490 e. The summed E-state index contributed by atoms with van der Waals surface area (Å²) in [6.07, 6.45) is 1.78. The molecule has 0 unspecified atom stereocenters. The van der Waals surface area contributed by atoms with Crippen LogP contribution in [0, 0.1) is 0 Å². The van der Waals surface area contributed by atoms with Crippen molar-refractivity contribution in [3.63, 3.8) is 0 Å². The Labute approximate surface area is 202 Å². The van der Waals surface area contributed by atoms with Gasteiger partial charge in [-0.2, -0.15) is 0 Å². The van der Waals surface area contributed by atoms with Crippen LogP contribution >= 0.6 is 24.0 Å². The molecule has 2 aliphatic heterocycles. The van der Waals surface area contributed by atoms with E-state index in [1.807, 2.05) is 6.92 Å². The van der Waals surface area contributed by atoms with E-state index in [4.69, 9.17) is 26.4 Å². The van der Waals surface area contributed by atoms with E-state index in [9.17, 15) is 14.4 Å². The van der Waals surface area contributed by atoms with Gasteiger partial charge in [-0.1, -0.05) is 30.0 Å². The fraction of sp³-hybridized carbons (Fsp3) is 0.455. The van der Waals surface area contributed by atoms with Crippen molar-refractivity contribution in [3.05, 3.63) is 28.7 Å². The third-order valence-electron chi connectivity index (χ3n) is 4.92. The lowest BCUT2D eigenvalue weighted by Crippen LogP contribution is -2.43. The molecule has 0 bridgehead atoms. The summed E-state index contributed by atoms with van der Waals surface area (Å²) in [6.45, 7) is 4.49. The SMILES string of the molecule is CCOc1cc(/C=C2/SC(=S)N(CCC(=O)OC)C2=O)ccc1OCC(=O)N1CCOCC1. The lowest BCUT2D eigenvalue weighted by atomic mass is 10.2. The highest BCUT2D eigenvalue weighted by atomic mass is 32.2. The van der Waals surface area contributed by atoms with Gasteiger partial charge in [0.1, 0.15) is 4.32 Å². The van der Waals surface area contributed by atoms with Crippen molar-refractivity contribution in [3.8, 4) is 11.5 Å². The molecule has 0 radical (unpaired) electrons. The van der Waals surface area contributed by atoms with E-state index in [0.717, 1.165) is 5.56 Å². The van der Waals surface area contributed by atoms with E-state index < -0.39 is 5.97 Å². The monoisotopic (exact) mass is 494 g/mol. The summed E-state index contributed by atoms with van der Waals surface area (Å²) >= 11 is 6.46. The molecule has 9 nitrogen and oxygen atoms in total. The van der Waals surface area contributed by atoms with Crippen LogP contribution in [0.1, 0.15) is 18.9 Å². The lowest BCUT2D eigenvalue weighted by molar-refractivity contribution is -0.141. The van der Waals surface area contributed by atoms with E-state index in [2.05, 4.69) is 4.74 Å². The molecular formula is C22H26N2O7S2. The van der Waals surface area contributed by atoms with Crippen LogP contribution in [-0.4, -0.2) is 85.1 Å². The fourth-order valence-electron chi connectivity index (χ4n) is 3.19. The molecule has 1 aromatic carbocycles. The number of morpholine rings is 1. The van der Waals surface area contributed by atoms with Crippen molar-refractivity contribution < 1.29 is 33.3 Å². The van der Waals surface area contributed by atoms with Gasteiger partial charge in [0.15, 0.2) is 18.1 Å². The van der Waals surface area contributed by atoms with Gasteiger partial charge in [0.05, 0.1) is 38.3 Å². The quantitative estimate of drug-likeness (QED) is 0.291. The molecule has 33 heavy (non-hydrogen) atoms. The highest BCUT2D eigenvalue weighted by Gasteiger charge is 2.32. The molecular weight excluding hydrogens is 468 g/mol. The molecule has 2 saturated heterocycles. The first-order chi connectivity index (χ1) is 15.9. The first-order valence-electron chi connectivity index (χ1n) is 10.5. The number of ether oxygens (including phenoxy) is 4. The number of thiocarbonyl (C=S) groups is 1. The average Bonchev–Trinajstić information content (AvgIpc) is 3.09. The highest BCUT2D eigenvalue weighted by Crippen LogP contribution is 2.35. The predicted octanol–water partition coefficient (Wildman–Crippen LogP) is 2.09. The number of hydrogen-bond donors (Lipinski definition) is 0. The number of carbonyl (C=O) groups excluding carboxylic acids is 3. The number of thioether (sulfide) groups is 1. The van der Waals surface area contributed by atoms with Gasteiger partial charge >= 0.3 is 5.97 Å². The third-order valence-corrected chi connectivity index (χ3v) is 6.30. The molecule has 2 fully saturated rings. The summed E-state index contributed by atoms with van der Waals surface area (Å²) < 4.78 is 21.7. The predicted molar refractivity (Wildman–Crippen MR) is 127 cm³/mol. The first kappa shape index (κ1) is 25.0. The molecule has 2 amide bonds. The minimum absolute atomic E-state index is 0.0694. The number of methoxy groups -OCH3 is 1. The maximum absolute atomic E-state index is 12.7. The molecule has 3 rings (SSSR count). The van der Waals surface area contributed by atoms with Crippen LogP contribution in [0.15, 0.2) is 23.1 Å². The number of esters is 1. The zero-order valence-corrected chi connectivity index (χ0v) is 20.2. The standard InChI is InChI=1S/C22H26N2O7S2/c1-3-30-17-12-15(4-5-16(17)31-14-19(25)23-8-10-29-11-9-23)13-18-21(27)24(22(32)33-18)7-6-20(26)28-2/h4-5,12-13H,3,6-11,14H2,1-2H3/b18-13+. The van der Waals surface area contributed by atoms with Crippen LogP contribution in [0.4, 0.5) is 0 Å². The molecule has 0 atom stereocenters. The van der Waals surface area contributed by atoms with Crippen molar-refractivity contribution in [2.45, 2.75) is 13.3 Å². The third kappa shape index (κ3) is 6.68. The van der Waals surface area contributed by atoms with Gasteiger partial charge in [-0.3, -0.25) is 19.3 Å². The van der Waals surface area contributed by atoms with Crippen molar-refractivity contribution in [1.82, 2.24) is 9.80 Å². The van der Waals surface area contributed by atoms with Gasteiger partial charge in [-0.25, -0.2) is 0 Å². The van der Waals surface area contributed by atoms with Crippen molar-refractivity contribution in [2.24, 2.45) is 0 Å². The zero-order valence-electron chi connectivity index (χ0n) is 18.5. The second-order valence-electron chi connectivity index (χ2n) is 7.08. The number of carbonyl (C=O) groups is 3. The molecule has 0 saturated carbocycles. The normalized spacial score (nSPS) is 17.5. The molecule has 0 aromatic heterocycles. The molecule has 11 heteroatoms. The summed E-state index contributed by atoms with van der Waals surface area (Å²) in [5.74, 6) is 0.143. The molecule has 178 valence electrons. The van der Waals surface area contributed by atoms with Crippen molar-refractivity contribution >= 4 is 52.2 Å². The molecule has 0 N–H and O–H groups in total. The molecule has 2 heterocycles. The highest BCUT2D eigenvalue weighted by molar-refractivity contribution is 8.26. The number of rotatable bonds is 9. The molecule has 0 spiro atoms. The Morgan fingerprint density at radius 1 is 1.21 bits per heavy atom. The Bertz CT molecular complexity index is 945. The zero-order chi connectivity index (χ0) is 23.8. The van der Waals surface area contributed by atoms with Crippen LogP contribution in [0.3, 0.4) is 0 Å². The van der Waals surface area contributed by atoms with E-state index in [0.29, 0.717) is 53.6 Å². The number of benzene rings is 1. The molecule has 2 aliphatic rings. The Kier molecular flexibility index (Phi) is 9.10. The second-order valence-corrected chi connectivity index (χ2v) is 8.76. The summed E-state index contributed by atoms with van der Waals surface area (Å²) in [4.78, 5) is 40.0. The van der Waals surface area contributed by atoms with Gasteiger partial charge < -0.3 is 23.8 Å². The van der Waals surface area contributed by atoms with E-state index >= 15 is 0 Å². The molecule has 1 aromatic rings. The lowest BCUT2D eigenvalue weighted by Gasteiger charge is -2.26. The maximum Gasteiger partial charge on any atom is 0.307 e. The fourth-order valence-corrected chi connectivity index (χ4v) is 4.50. The average molecular weight is 495 g/mol. The number of hydrogen-bond acceptors (Lipinski definition) is 9. The summed E-state index contributed by atoms with van der Waals surface area (Å²) in [5, 5.41) is 0. The van der Waals surface area contributed by atoms with Gasteiger partial charge in [0.25, 0.3) is 11.8 Å². The minimum atomic E-state index is -0.405. The Balaban J connectivity index is 1.68. The van der Waals surface area contributed by atoms with Crippen LogP contribution in [0.2, 0.25) is 0 Å². The smallest absolute Gasteiger partial charge is 0.307 e. The van der Waals surface area contributed by atoms with Gasteiger partial charge in [-0.15, -0.1) is 0 Å². The van der Waals surface area contributed by atoms with E-state index in [1.54, 1.807) is 29.2 Å². The van der Waals surface area contributed by atoms with Gasteiger partial charge in [0, 0.05) is 19.6 Å². The first-order valence-corrected chi connectivity index (χ1v) is 11.7. The maximum atomic E-state index is 12.7. The van der Waals surface area contributed by atoms with Gasteiger partial charge in [0.2, 0.25) is 0 Å². The Morgan fingerprint density at radius 3 is 2.67 bits per heavy atom. The van der Waals surface area contributed by atoms with E-state index in [1.165, 1.54) is 23.8 Å². The Hall–Kier alpha value is -2.63. The number of amides is 2. The van der Waals surface area contributed by atoms with Crippen LogP contribution < -0.4 is 9.47 Å². The largest absolute Gasteiger partial charge is 0.490 e. The summed E-state index contributed by atoms with van der Waals surface area (Å²) in [6, 6.07) is 5.23. The van der Waals surface area contributed by atoms with Crippen LogP contribution in [-0.2, 0) is 23.9 Å². The van der Waals surface area contributed by atoms with E-state index in [-0.39, 0.29) is 31.4 Å². The van der Waals surface area contributed by atoms with Crippen LogP contribution in [0.5, 0.6) is 11.5 Å². The number of nitrogens with zero attached hydrogens (tertiary/aromatic N) is 2. The summed E-state index contributed by atoms with van der Waals surface area (Å²) in [7, 11) is 1.30. The summed E-state index contributed by atoms with van der Waals surface area (Å²) in [5.41, 5.74) is 0.721. The van der Waals surface area contributed by atoms with Crippen LogP contribution in [0.25, 0.3) is 6.08 Å². The van der Waals surface area contributed by atoms with Gasteiger partial charge in [-0.05, 0) is 30.7 Å². The topological polar surface area (TPSA) is 94.6 Å². The second kappa shape index (κ2) is 12.0. The molecule has 0 aliphatic carbocycles. The van der Waals surface area contributed by atoms with Crippen molar-refractivity contribution in [1.29, 1.82) is 0 Å².